The van der Waals surface area contributed by atoms with E-state index in [-0.39, 0.29) is 69.1 Å². The van der Waals surface area contributed by atoms with Crippen LogP contribution in [0.25, 0.3) is 0 Å². The van der Waals surface area contributed by atoms with E-state index in [1.54, 1.807) is 0 Å². The molecule has 0 aliphatic carbocycles. The third-order valence-corrected chi connectivity index (χ3v) is 17.0. The first kappa shape index (κ1) is 50.9. The van der Waals surface area contributed by atoms with Gasteiger partial charge in [0, 0.05) is 120 Å². The molecule has 0 saturated carbocycles. The normalized spacial score (nSPS) is 38.8. The molecule has 7 amide bonds. The van der Waals surface area contributed by atoms with E-state index in [0.717, 1.165) is 28.2 Å². The molecule has 18 nitrogen and oxygen atoms in total. The highest BCUT2D eigenvalue weighted by Crippen LogP contribution is 2.62. The molecule has 0 radical (unpaired) electrons. The van der Waals surface area contributed by atoms with Crippen molar-refractivity contribution in [2.45, 2.75) is 163 Å². The molecule has 0 aromatic heterocycles. The maximum Gasteiger partial charge on any atom is 0.220 e. The Hall–Kier alpha value is -5.13. The lowest BCUT2D eigenvalue weighted by molar-refractivity contribution is -0.124. The minimum atomic E-state index is -1.10. The fraction of sp³-hybridized carbons (Fsp3) is 0.723. The second-order valence-corrected chi connectivity index (χ2v) is 21.3. The van der Waals surface area contributed by atoms with Gasteiger partial charge in [0.05, 0.1) is 6.04 Å². The van der Waals surface area contributed by atoms with E-state index in [4.69, 9.17) is 34.4 Å². The zero-order valence-electron chi connectivity index (χ0n) is 40.0. The largest absolute Gasteiger partial charge is 0.383 e. The summed E-state index contributed by atoms with van der Waals surface area (Å²) in [5, 5.41) is 18.6. The van der Waals surface area contributed by atoms with Crippen LogP contribution in [-0.4, -0.2) is 77.6 Å². The molecule has 0 aromatic carbocycles. The topological polar surface area (TPSA) is 336 Å². The Morgan fingerprint density at radius 1 is 0.600 bits per heavy atom. The SMILES string of the molecule is CCNC(=O)CC[C@@]1(C)/C2=C(\C)C3N/C(=C\C4N/C(=C(/C)C5N[C@@](C)([C@H](N2)[C@@H]1CC(N)=O)[C@@](C)(CC(N)=O)[C@@H]5CCC(N)=O)[C@@](C)(CC(N)=O)[C@@H]4CCC(N)=O)C(C)(C)[C@@H]3CCC(N)=O. The molecule has 0 spiro atoms. The van der Waals surface area contributed by atoms with E-state index in [9.17, 15) is 33.6 Å². The van der Waals surface area contributed by atoms with E-state index in [2.05, 4.69) is 53.4 Å². The molecule has 0 aromatic rings. The fourth-order valence-electron chi connectivity index (χ4n) is 13.4. The van der Waals surface area contributed by atoms with Gasteiger partial charge in [0.25, 0.3) is 0 Å². The van der Waals surface area contributed by atoms with Gasteiger partial charge in [0.1, 0.15) is 0 Å². The zero-order chi connectivity index (χ0) is 48.8. The Labute approximate surface area is 383 Å². The lowest BCUT2D eigenvalue weighted by atomic mass is 9.56. The third-order valence-electron chi connectivity index (χ3n) is 17.0. The lowest BCUT2D eigenvalue weighted by Crippen LogP contribution is -2.64. The van der Waals surface area contributed by atoms with Crippen LogP contribution < -0.4 is 61.0 Å². The molecule has 362 valence electrons. The third kappa shape index (κ3) is 9.33. The van der Waals surface area contributed by atoms with Crippen molar-refractivity contribution >= 4 is 41.4 Å². The first-order valence-corrected chi connectivity index (χ1v) is 23.3. The number of rotatable bonds is 19. The summed E-state index contributed by atoms with van der Waals surface area (Å²) in [4.78, 5) is 91.2. The summed E-state index contributed by atoms with van der Waals surface area (Å²) in [5.41, 5.74) is 35.5. The highest BCUT2D eigenvalue weighted by atomic mass is 16.2. The fourth-order valence-corrected chi connectivity index (χ4v) is 13.4. The molecular formula is C47H77N11O7. The highest BCUT2D eigenvalue weighted by Gasteiger charge is 2.68. The molecule has 5 rings (SSSR count). The molecular weight excluding hydrogens is 831 g/mol. The zero-order valence-corrected chi connectivity index (χ0v) is 40.0. The van der Waals surface area contributed by atoms with Crippen molar-refractivity contribution in [1.82, 2.24) is 26.6 Å². The number of amides is 7. The molecule has 4 saturated heterocycles. The van der Waals surface area contributed by atoms with Gasteiger partial charge in [-0.2, -0.15) is 0 Å². The summed E-state index contributed by atoms with van der Waals surface area (Å²) in [5.74, 6) is -4.89. The monoisotopic (exact) mass is 908 g/mol. The number of carbonyl (C=O) groups excluding carboxylic acids is 7. The number of hydrogen-bond acceptors (Lipinski definition) is 11. The van der Waals surface area contributed by atoms with Gasteiger partial charge in [-0.25, -0.2) is 0 Å². The Morgan fingerprint density at radius 2 is 1.12 bits per heavy atom. The minimum absolute atomic E-state index is 0.00964. The summed E-state index contributed by atoms with van der Waals surface area (Å²) < 4.78 is 0. The van der Waals surface area contributed by atoms with Crippen molar-refractivity contribution < 1.29 is 33.6 Å². The minimum Gasteiger partial charge on any atom is -0.383 e. The van der Waals surface area contributed by atoms with Crippen LogP contribution in [0, 0.1) is 45.3 Å². The van der Waals surface area contributed by atoms with Gasteiger partial charge in [0.2, 0.25) is 41.4 Å². The predicted molar refractivity (Wildman–Crippen MR) is 246 cm³/mol. The number of nitrogens with two attached hydrogens (primary N) is 6. The molecule has 12 atom stereocenters. The van der Waals surface area contributed by atoms with E-state index < -0.39 is 98.6 Å². The molecule has 3 unspecified atom stereocenters. The van der Waals surface area contributed by atoms with Crippen LogP contribution in [0.5, 0.6) is 0 Å². The molecule has 18 heteroatoms. The highest BCUT2D eigenvalue weighted by molar-refractivity contribution is 5.78. The van der Waals surface area contributed by atoms with Gasteiger partial charge in [0.15, 0.2) is 0 Å². The second-order valence-electron chi connectivity index (χ2n) is 21.3. The maximum atomic E-state index is 13.5. The van der Waals surface area contributed by atoms with E-state index in [1.165, 1.54) is 0 Å². The summed E-state index contributed by atoms with van der Waals surface area (Å²) in [6.45, 7) is 18.6. The van der Waals surface area contributed by atoms with Crippen LogP contribution in [0.2, 0.25) is 0 Å². The molecule has 5 aliphatic heterocycles. The standard InChI is InChI=1S/C47H77N11O7/c1-10-54-37(65)17-18-44(6)28(19-34(51)62)42-47(9)46(8,22-36(53)64)27(13-16-33(50)61)39(58-47)24(3)41-45(7,21-35(52)63)25(11-14-31(48)59)29(55-41)20-30-43(4,5)26(12-15-32(49)60)38(56-30)23(2)40(44)57-42/h20,25-29,38-39,42,55-58H,10-19,21-22H2,1-9H3,(H2,48,59)(H2,49,60)(H2,50,61)(H2,51,62)(H2,52,63)(H2,53,64)(H,54,65)/b30-20-,40-23-,41-24-/t25-,26-,27-,28+,29?,38?,39?,42-,44-,45+,46+,47+/m1/s1. The van der Waals surface area contributed by atoms with Gasteiger partial charge in [-0.1, -0.05) is 34.6 Å². The molecule has 8 bridgehead atoms. The molecule has 65 heavy (non-hydrogen) atoms. The number of primary amides is 6. The van der Waals surface area contributed by atoms with Crippen molar-refractivity contribution in [2.75, 3.05) is 6.54 Å². The first-order valence-electron chi connectivity index (χ1n) is 23.3. The van der Waals surface area contributed by atoms with Crippen molar-refractivity contribution in [2.24, 2.45) is 79.7 Å². The van der Waals surface area contributed by atoms with Gasteiger partial charge in [-0.05, 0) is 88.4 Å². The van der Waals surface area contributed by atoms with E-state index >= 15 is 0 Å². The van der Waals surface area contributed by atoms with Crippen LogP contribution in [0.15, 0.2) is 34.3 Å². The summed E-state index contributed by atoms with van der Waals surface area (Å²) in [6.07, 6.45) is 3.47. The number of fused-ring (bicyclic) bond motifs is 9. The Bertz CT molecular complexity index is 2070. The van der Waals surface area contributed by atoms with Crippen molar-refractivity contribution in [3.05, 3.63) is 34.3 Å². The van der Waals surface area contributed by atoms with Crippen LogP contribution in [0.4, 0.5) is 0 Å². The van der Waals surface area contributed by atoms with Crippen molar-refractivity contribution in [1.29, 1.82) is 0 Å². The van der Waals surface area contributed by atoms with Crippen LogP contribution in [-0.2, 0) is 33.6 Å². The van der Waals surface area contributed by atoms with Crippen molar-refractivity contribution in [3.63, 3.8) is 0 Å². The van der Waals surface area contributed by atoms with Gasteiger partial charge < -0.3 is 61.0 Å². The van der Waals surface area contributed by atoms with Crippen LogP contribution >= 0.6 is 0 Å². The Morgan fingerprint density at radius 3 is 1.65 bits per heavy atom. The average Bonchev–Trinajstić information content (AvgIpc) is 3.78. The smallest absolute Gasteiger partial charge is 0.220 e. The maximum absolute atomic E-state index is 13.5. The van der Waals surface area contributed by atoms with Gasteiger partial charge in [-0.15, -0.1) is 0 Å². The molecule has 5 aliphatic rings. The summed E-state index contributed by atoms with van der Waals surface area (Å²) >= 11 is 0. The second kappa shape index (κ2) is 18.6. The summed E-state index contributed by atoms with van der Waals surface area (Å²) in [6, 6.07) is -2.05. The van der Waals surface area contributed by atoms with E-state index in [1.807, 2.05) is 41.5 Å². The number of hydrogen-bond donors (Lipinski definition) is 11. The summed E-state index contributed by atoms with van der Waals surface area (Å²) in [7, 11) is 0. The average molecular weight is 908 g/mol. The molecule has 17 N–H and O–H groups in total. The van der Waals surface area contributed by atoms with E-state index in [0.29, 0.717) is 25.8 Å². The Kier molecular flexibility index (Phi) is 14.6. The quantitative estimate of drug-likeness (QED) is 0.0866. The number of carbonyl (C=O) groups is 7. The molecule has 5 heterocycles. The predicted octanol–water partition coefficient (Wildman–Crippen LogP) is 0.927. The molecule has 4 fully saturated rings. The number of allylic oxidation sites excluding steroid dienone is 3. The van der Waals surface area contributed by atoms with Crippen LogP contribution in [0.3, 0.4) is 0 Å². The van der Waals surface area contributed by atoms with Gasteiger partial charge in [-0.3, -0.25) is 33.6 Å². The number of nitrogens with one attached hydrogen (secondary N) is 5. The van der Waals surface area contributed by atoms with Gasteiger partial charge >= 0.3 is 0 Å². The van der Waals surface area contributed by atoms with Crippen molar-refractivity contribution in [3.8, 4) is 0 Å². The lowest BCUT2D eigenvalue weighted by Gasteiger charge is -2.49. The van der Waals surface area contributed by atoms with Crippen LogP contribution in [0.1, 0.15) is 133 Å². The first-order chi connectivity index (χ1) is 30.1. The Balaban J connectivity index is 1.96.